The van der Waals surface area contributed by atoms with Gasteiger partial charge in [-0.1, -0.05) is 38.8 Å². The summed E-state index contributed by atoms with van der Waals surface area (Å²) in [5.74, 6) is 0. The van der Waals surface area contributed by atoms with E-state index >= 15 is 0 Å². The summed E-state index contributed by atoms with van der Waals surface area (Å²) in [6, 6.07) is 5.88. The number of alkyl halides is 3. The number of nitrogens with one attached hydrogen (secondary N) is 1. The molecule has 1 atom stereocenters. The lowest BCUT2D eigenvalue weighted by molar-refractivity contribution is -0.137. The zero-order chi connectivity index (χ0) is 15.0. The highest BCUT2D eigenvalue weighted by molar-refractivity contribution is 5.25. The molecular weight excluding hydrogens is 263 g/mol. The van der Waals surface area contributed by atoms with E-state index in [0.29, 0.717) is 6.04 Å². The van der Waals surface area contributed by atoms with Crippen molar-refractivity contribution in [2.75, 3.05) is 6.54 Å². The van der Waals surface area contributed by atoms with Crippen molar-refractivity contribution in [3.05, 3.63) is 35.4 Å². The third kappa shape index (κ3) is 5.95. The topological polar surface area (TPSA) is 12.0 Å². The van der Waals surface area contributed by atoms with Crippen LogP contribution < -0.4 is 5.32 Å². The maximum absolute atomic E-state index is 12.5. The predicted molar refractivity (Wildman–Crippen MR) is 76.8 cm³/mol. The minimum absolute atomic E-state index is 0.353. The molecule has 4 heteroatoms. The monoisotopic (exact) mass is 287 g/mol. The van der Waals surface area contributed by atoms with Gasteiger partial charge in [0.1, 0.15) is 0 Å². The van der Waals surface area contributed by atoms with Gasteiger partial charge < -0.3 is 5.32 Å². The zero-order valence-corrected chi connectivity index (χ0v) is 12.3. The van der Waals surface area contributed by atoms with Crippen LogP contribution in [0.25, 0.3) is 0 Å². The Morgan fingerprint density at radius 3 is 2.20 bits per heavy atom. The lowest BCUT2D eigenvalue weighted by atomic mass is 10.00. The molecule has 0 amide bonds. The molecule has 0 saturated heterocycles. The molecule has 1 rings (SSSR count). The number of hydrogen-bond acceptors (Lipinski definition) is 1. The molecule has 0 fully saturated rings. The zero-order valence-electron chi connectivity index (χ0n) is 12.3. The fourth-order valence-corrected chi connectivity index (χ4v) is 2.19. The van der Waals surface area contributed by atoms with Crippen molar-refractivity contribution in [1.29, 1.82) is 0 Å². The first-order valence-corrected chi connectivity index (χ1v) is 7.36. The number of unbranched alkanes of at least 4 members (excludes halogenated alkanes) is 1. The second kappa shape index (κ2) is 8.30. The second-order valence-electron chi connectivity index (χ2n) is 5.19. The van der Waals surface area contributed by atoms with E-state index in [0.717, 1.165) is 44.2 Å². The Bertz CT molecular complexity index is 362. The molecule has 114 valence electrons. The molecule has 1 nitrogen and oxygen atoms in total. The van der Waals surface area contributed by atoms with Gasteiger partial charge >= 0.3 is 6.18 Å². The van der Waals surface area contributed by atoms with Gasteiger partial charge in [-0.25, -0.2) is 0 Å². The molecular formula is C16H24F3N. The van der Waals surface area contributed by atoms with E-state index in [-0.39, 0.29) is 0 Å². The van der Waals surface area contributed by atoms with Crippen LogP contribution in [0.3, 0.4) is 0 Å². The molecule has 1 unspecified atom stereocenters. The smallest absolute Gasteiger partial charge is 0.314 e. The fraction of sp³-hybridized carbons (Fsp3) is 0.625. The summed E-state index contributed by atoms with van der Waals surface area (Å²) in [6.07, 6.45) is 0.950. The number of hydrogen-bond donors (Lipinski definition) is 1. The first-order valence-electron chi connectivity index (χ1n) is 7.36. The average molecular weight is 287 g/mol. The minimum Gasteiger partial charge on any atom is -0.314 e. The van der Waals surface area contributed by atoms with Gasteiger partial charge in [-0.3, -0.25) is 0 Å². The molecule has 0 aliphatic rings. The van der Waals surface area contributed by atoms with Crippen LogP contribution in [0.1, 0.15) is 50.7 Å². The van der Waals surface area contributed by atoms with Crippen LogP contribution in [-0.4, -0.2) is 12.6 Å². The van der Waals surface area contributed by atoms with Crippen LogP contribution in [-0.2, 0) is 12.6 Å². The molecule has 1 N–H and O–H groups in total. The highest BCUT2D eigenvalue weighted by Gasteiger charge is 2.29. The third-order valence-electron chi connectivity index (χ3n) is 3.35. The summed E-state index contributed by atoms with van der Waals surface area (Å²) < 4.78 is 37.5. The maximum Gasteiger partial charge on any atom is 0.416 e. The van der Waals surface area contributed by atoms with Crippen LogP contribution in [0.4, 0.5) is 13.2 Å². The Morgan fingerprint density at radius 2 is 1.70 bits per heavy atom. The van der Waals surface area contributed by atoms with E-state index in [4.69, 9.17) is 0 Å². The van der Waals surface area contributed by atoms with Crippen LogP contribution in [0.15, 0.2) is 24.3 Å². The van der Waals surface area contributed by atoms with Crippen LogP contribution in [0, 0.1) is 0 Å². The first kappa shape index (κ1) is 17.0. The van der Waals surface area contributed by atoms with Crippen LogP contribution >= 0.6 is 0 Å². The Morgan fingerprint density at radius 1 is 1.05 bits per heavy atom. The molecule has 0 aliphatic heterocycles. The number of rotatable bonds is 8. The van der Waals surface area contributed by atoms with Crippen molar-refractivity contribution in [3.63, 3.8) is 0 Å². The minimum atomic E-state index is -4.25. The van der Waals surface area contributed by atoms with E-state index in [1.807, 2.05) is 0 Å². The van der Waals surface area contributed by atoms with Crippen molar-refractivity contribution >= 4 is 0 Å². The largest absolute Gasteiger partial charge is 0.416 e. The Balaban J connectivity index is 2.62. The summed E-state index contributed by atoms with van der Waals surface area (Å²) in [6.45, 7) is 5.21. The normalized spacial score (nSPS) is 13.4. The molecule has 0 saturated carbocycles. The van der Waals surface area contributed by atoms with Gasteiger partial charge in [-0.05, 0) is 43.5 Å². The molecule has 0 spiro atoms. The standard InChI is InChI=1S/C16H24F3N/c1-3-5-6-15(20-11-4-2)12-13-7-9-14(10-8-13)16(17,18)19/h7-10,15,20H,3-6,11-12H2,1-2H3. The van der Waals surface area contributed by atoms with Gasteiger partial charge in [0, 0.05) is 6.04 Å². The Labute approximate surface area is 119 Å². The summed E-state index contributed by atoms with van der Waals surface area (Å²) in [5.41, 5.74) is 0.385. The van der Waals surface area contributed by atoms with E-state index in [9.17, 15) is 13.2 Å². The number of benzene rings is 1. The van der Waals surface area contributed by atoms with E-state index in [1.165, 1.54) is 12.1 Å². The summed E-state index contributed by atoms with van der Waals surface area (Å²) in [4.78, 5) is 0. The summed E-state index contributed by atoms with van der Waals surface area (Å²) in [5, 5.41) is 3.48. The molecule has 0 aromatic heterocycles. The molecule has 0 heterocycles. The van der Waals surface area contributed by atoms with E-state index < -0.39 is 11.7 Å². The van der Waals surface area contributed by atoms with Crippen LogP contribution in [0.5, 0.6) is 0 Å². The van der Waals surface area contributed by atoms with E-state index in [1.54, 1.807) is 12.1 Å². The van der Waals surface area contributed by atoms with Gasteiger partial charge in [-0.2, -0.15) is 13.2 Å². The SMILES string of the molecule is CCCCC(Cc1ccc(C(F)(F)F)cc1)NCCC. The lowest BCUT2D eigenvalue weighted by Crippen LogP contribution is -2.31. The fourth-order valence-electron chi connectivity index (χ4n) is 2.19. The van der Waals surface area contributed by atoms with Crippen LogP contribution in [0.2, 0.25) is 0 Å². The van der Waals surface area contributed by atoms with Crippen molar-refractivity contribution in [2.45, 2.75) is 58.2 Å². The molecule has 0 radical (unpaired) electrons. The van der Waals surface area contributed by atoms with Gasteiger partial charge in [0.15, 0.2) is 0 Å². The van der Waals surface area contributed by atoms with Gasteiger partial charge in [0.05, 0.1) is 5.56 Å². The molecule has 1 aromatic carbocycles. The average Bonchev–Trinajstić information content (AvgIpc) is 2.41. The van der Waals surface area contributed by atoms with E-state index in [2.05, 4.69) is 19.2 Å². The quantitative estimate of drug-likeness (QED) is 0.723. The van der Waals surface area contributed by atoms with Gasteiger partial charge in [0.25, 0.3) is 0 Å². The van der Waals surface area contributed by atoms with Crippen molar-refractivity contribution < 1.29 is 13.2 Å². The maximum atomic E-state index is 12.5. The highest BCUT2D eigenvalue weighted by Crippen LogP contribution is 2.29. The third-order valence-corrected chi connectivity index (χ3v) is 3.35. The summed E-state index contributed by atoms with van der Waals surface area (Å²) >= 11 is 0. The van der Waals surface area contributed by atoms with Crippen molar-refractivity contribution in [3.8, 4) is 0 Å². The molecule has 0 bridgehead atoms. The first-order chi connectivity index (χ1) is 9.47. The van der Waals surface area contributed by atoms with Gasteiger partial charge in [0.2, 0.25) is 0 Å². The lowest BCUT2D eigenvalue weighted by Gasteiger charge is -2.18. The predicted octanol–water partition coefficient (Wildman–Crippen LogP) is 4.81. The number of halogens is 3. The molecule has 0 aliphatic carbocycles. The Kier molecular flexibility index (Phi) is 7.06. The van der Waals surface area contributed by atoms with Gasteiger partial charge in [-0.15, -0.1) is 0 Å². The van der Waals surface area contributed by atoms with Crippen molar-refractivity contribution in [2.24, 2.45) is 0 Å². The highest BCUT2D eigenvalue weighted by atomic mass is 19.4. The molecule has 20 heavy (non-hydrogen) atoms. The van der Waals surface area contributed by atoms with Crippen molar-refractivity contribution in [1.82, 2.24) is 5.32 Å². The molecule has 1 aromatic rings. The summed E-state index contributed by atoms with van der Waals surface area (Å²) in [7, 11) is 0. The Hall–Kier alpha value is -1.03. The second-order valence-corrected chi connectivity index (χ2v) is 5.19.